The van der Waals surface area contributed by atoms with Crippen molar-refractivity contribution < 1.29 is 9.59 Å². The number of primary amides is 1. The van der Waals surface area contributed by atoms with Gasteiger partial charge in [-0.1, -0.05) is 32.9 Å². The molecule has 1 heterocycles. The second kappa shape index (κ2) is 7.13. The molecule has 23 heavy (non-hydrogen) atoms. The van der Waals surface area contributed by atoms with Crippen molar-refractivity contribution in [2.45, 2.75) is 39.0 Å². The quantitative estimate of drug-likeness (QED) is 0.893. The first-order chi connectivity index (χ1) is 10.8. The summed E-state index contributed by atoms with van der Waals surface area (Å²) in [4.78, 5) is 25.5. The number of amides is 2. The van der Waals surface area contributed by atoms with Crippen LogP contribution in [0.2, 0.25) is 0 Å². The molecule has 5 heteroatoms. The molecule has 2 rings (SSSR count). The van der Waals surface area contributed by atoms with Crippen molar-refractivity contribution in [3.63, 3.8) is 0 Å². The molecule has 1 aliphatic heterocycles. The Hall–Kier alpha value is -1.88. The summed E-state index contributed by atoms with van der Waals surface area (Å²) in [5, 5.41) is 2.92. The van der Waals surface area contributed by atoms with Crippen LogP contribution in [0.5, 0.6) is 0 Å². The van der Waals surface area contributed by atoms with Crippen molar-refractivity contribution in [2.24, 2.45) is 11.7 Å². The third kappa shape index (κ3) is 5.06. The summed E-state index contributed by atoms with van der Waals surface area (Å²) in [5.41, 5.74) is 7.49. The summed E-state index contributed by atoms with van der Waals surface area (Å²) in [5.74, 6) is -0.464. The number of benzene rings is 1. The van der Waals surface area contributed by atoms with Gasteiger partial charge >= 0.3 is 0 Å². The number of nitrogens with one attached hydrogen (secondary N) is 1. The van der Waals surface area contributed by atoms with E-state index in [9.17, 15) is 9.59 Å². The minimum atomic E-state index is -0.270. The van der Waals surface area contributed by atoms with Crippen LogP contribution in [0.25, 0.3) is 0 Å². The lowest BCUT2D eigenvalue weighted by atomic mass is 9.87. The standard InChI is InChI=1S/C18H27N3O2/c1-18(2,3)14-6-8-15(9-7-14)20-16(22)12-21-10-4-5-13(11-21)17(19)23/h6-9,13H,4-5,10-12H2,1-3H3,(H2,19,23)(H,20,22)/t13-/m0/s1. The molecule has 5 nitrogen and oxygen atoms in total. The van der Waals surface area contributed by atoms with Crippen LogP contribution in [-0.4, -0.2) is 36.3 Å². The molecule has 0 saturated carbocycles. The lowest BCUT2D eigenvalue weighted by Crippen LogP contribution is -2.44. The number of piperidine rings is 1. The van der Waals surface area contributed by atoms with E-state index in [2.05, 4.69) is 26.1 Å². The highest BCUT2D eigenvalue weighted by molar-refractivity contribution is 5.92. The zero-order valence-electron chi connectivity index (χ0n) is 14.3. The van der Waals surface area contributed by atoms with Gasteiger partial charge in [-0.15, -0.1) is 0 Å². The summed E-state index contributed by atoms with van der Waals surface area (Å²) in [6.07, 6.45) is 1.73. The smallest absolute Gasteiger partial charge is 0.238 e. The number of carbonyl (C=O) groups excluding carboxylic acids is 2. The van der Waals surface area contributed by atoms with E-state index < -0.39 is 0 Å². The molecule has 126 valence electrons. The molecule has 1 saturated heterocycles. The monoisotopic (exact) mass is 317 g/mol. The van der Waals surface area contributed by atoms with E-state index >= 15 is 0 Å². The lowest BCUT2D eigenvalue weighted by molar-refractivity contribution is -0.125. The van der Waals surface area contributed by atoms with Crippen LogP contribution in [0.3, 0.4) is 0 Å². The highest BCUT2D eigenvalue weighted by atomic mass is 16.2. The summed E-state index contributed by atoms with van der Waals surface area (Å²) < 4.78 is 0. The predicted molar refractivity (Wildman–Crippen MR) is 92.1 cm³/mol. The first kappa shape index (κ1) is 17.5. The maximum atomic E-state index is 12.2. The van der Waals surface area contributed by atoms with Gasteiger partial charge in [-0.25, -0.2) is 0 Å². The van der Waals surface area contributed by atoms with Gasteiger partial charge in [-0.3, -0.25) is 14.5 Å². The van der Waals surface area contributed by atoms with Crippen molar-refractivity contribution in [1.29, 1.82) is 0 Å². The Kier molecular flexibility index (Phi) is 5.42. The predicted octanol–water partition coefficient (Wildman–Crippen LogP) is 2.12. The number of rotatable bonds is 4. The van der Waals surface area contributed by atoms with Crippen molar-refractivity contribution in [1.82, 2.24) is 4.90 Å². The van der Waals surface area contributed by atoms with Crippen LogP contribution < -0.4 is 11.1 Å². The number of anilines is 1. The molecule has 0 aromatic heterocycles. The molecule has 1 aromatic carbocycles. The molecule has 0 unspecified atom stereocenters. The normalized spacial score (nSPS) is 19.3. The highest BCUT2D eigenvalue weighted by Crippen LogP contribution is 2.23. The van der Waals surface area contributed by atoms with E-state index in [1.165, 1.54) is 5.56 Å². The van der Waals surface area contributed by atoms with Crippen LogP contribution in [-0.2, 0) is 15.0 Å². The highest BCUT2D eigenvalue weighted by Gasteiger charge is 2.25. The van der Waals surface area contributed by atoms with E-state index in [1.807, 2.05) is 29.2 Å². The Morgan fingerprint density at radius 3 is 2.48 bits per heavy atom. The molecule has 1 fully saturated rings. The van der Waals surface area contributed by atoms with Crippen molar-refractivity contribution in [3.8, 4) is 0 Å². The van der Waals surface area contributed by atoms with Gasteiger partial charge < -0.3 is 11.1 Å². The van der Waals surface area contributed by atoms with Crippen molar-refractivity contribution in [3.05, 3.63) is 29.8 Å². The van der Waals surface area contributed by atoms with E-state index in [4.69, 9.17) is 5.73 Å². The Morgan fingerprint density at radius 1 is 1.26 bits per heavy atom. The van der Waals surface area contributed by atoms with E-state index in [1.54, 1.807) is 0 Å². The summed E-state index contributed by atoms with van der Waals surface area (Å²) in [7, 11) is 0. The van der Waals surface area contributed by atoms with E-state index in [0.29, 0.717) is 13.1 Å². The fourth-order valence-electron chi connectivity index (χ4n) is 2.89. The van der Waals surface area contributed by atoms with E-state index in [0.717, 1.165) is 25.1 Å². The largest absolute Gasteiger partial charge is 0.369 e. The molecule has 1 atom stereocenters. The lowest BCUT2D eigenvalue weighted by Gasteiger charge is -2.30. The molecule has 0 radical (unpaired) electrons. The molecular weight excluding hydrogens is 290 g/mol. The van der Waals surface area contributed by atoms with Gasteiger partial charge in [0.25, 0.3) is 0 Å². The summed E-state index contributed by atoms with van der Waals surface area (Å²) in [6, 6.07) is 7.95. The third-order valence-electron chi connectivity index (χ3n) is 4.31. The van der Waals surface area contributed by atoms with Gasteiger partial charge in [-0.2, -0.15) is 0 Å². The average molecular weight is 317 g/mol. The molecule has 1 aliphatic rings. The number of nitrogens with zero attached hydrogens (tertiary/aromatic N) is 1. The van der Waals surface area contributed by atoms with Crippen molar-refractivity contribution in [2.75, 3.05) is 25.0 Å². The Bertz CT molecular complexity index is 561. The second-order valence-corrected chi connectivity index (χ2v) is 7.35. The molecule has 0 spiro atoms. The topological polar surface area (TPSA) is 75.4 Å². The Balaban J connectivity index is 1.88. The van der Waals surface area contributed by atoms with Crippen molar-refractivity contribution >= 4 is 17.5 Å². The second-order valence-electron chi connectivity index (χ2n) is 7.35. The minimum absolute atomic E-state index is 0.0568. The molecule has 2 amide bonds. The maximum Gasteiger partial charge on any atom is 0.238 e. The average Bonchev–Trinajstić information content (AvgIpc) is 2.47. The van der Waals surface area contributed by atoms with Crippen LogP contribution in [0.4, 0.5) is 5.69 Å². The molecular formula is C18H27N3O2. The van der Waals surface area contributed by atoms with E-state index in [-0.39, 0.29) is 23.1 Å². The molecule has 3 N–H and O–H groups in total. The van der Waals surface area contributed by atoms with Crippen LogP contribution in [0.1, 0.15) is 39.2 Å². The number of nitrogens with two attached hydrogens (primary N) is 1. The number of hydrogen-bond donors (Lipinski definition) is 2. The number of carbonyl (C=O) groups is 2. The minimum Gasteiger partial charge on any atom is -0.369 e. The van der Waals surface area contributed by atoms with Gasteiger partial charge in [0.2, 0.25) is 11.8 Å². The van der Waals surface area contributed by atoms with Gasteiger partial charge in [0.1, 0.15) is 0 Å². The molecule has 1 aromatic rings. The van der Waals surface area contributed by atoms with Gasteiger partial charge in [0, 0.05) is 12.2 Å². The van der Waals surface area contributed by atoms with Gasteiger partial charge in [0.15, 0.2) is 0 Å². The Morgan fingerprint density at radius 2 is 1.91 bits per heavy atom. The zero-order chi connectivity index (χ0) is 17.0. The Labute approximate surface area is 138 Å². The molecule has 0 aliphatic carbocycles. The maximum absolute atomic E-state index is 12.2. The zero-order valence-corrected chi connectivity index (χ0v) is 14.3. The summed E-state index contributed by atoms with van der Waals surface area (Å²) in [6.45, 7) is 8.18. The fraction of sp³-hybridized carbons (Fsp3) is 0.556. The van der Waals surface area contributed by atoms with Crippen LogP contribution in [0, 0.1) is 5.92 Å². The van der Waals surface area contributed by atoms with Crippen LogP contribution in [0.15, 0.2) is 24.3 Å². The first-order valence-corrected chi connectivity index (χ1v) is 8.18. The summed E-state index contributed by atoms with van der Waals surface area (Å²) >= 11 is 0. The third-order valence-corrected chi connectivity index (χ3v) is 4.31. The van der Waals surface area contributed by atoms with Crippen LogP contribution >= 0.6 is 0 Å². The number of likely N-dealkylation sites (tertiary alicyclic amines) is 1. The fourth-order valence-corrected chi connectivity index (χ4v) is 2.89. The van der Waals surface area contributed by atoms with Gasteiger partial charge in [-0.05, 0) is 42.5 Å². The van der Waals surface area contributed by atoms with Gasteiger partial charge in [0.05, 0.1) is 12.5 Å². The first-order valence-electron chi connectivity index (χ1n) is 8.18. The SMILES string of the molecule is CC(C)(C)c1ccc(NC(=O)CN2CCC[C@H](C(N)=O)C2)cc1. The molecule has 0 bridgehead atoms. The number of hydrogen-bond acceptors (Lipinski definition) is 3.